The van der Waals surface area contributed by atoms with Crippen LogP contribution in [0.3, 0.4) is 0 Å². The maximum Gasteiger partial charge on any atom is 0.417 e. The Morgan fingerprint density at radius 1 is 1.12 bits per heavy atom. The fourth-order valence-electron chi connectivity index (χ4n) is 2.68. The molecular weight excluding hydrogens is 325 g/mol. The molecule has 0 aliphatic heterocycles. The van der Waals surface area contributed by atoms with E-state index in [0.29, 0.717) is 25.7 Å². The van der Waals surface area contributed by atoms with E-state index < -0.39 is 35.7 Å². The Morgan fingerprint density at radius 3 is 2.38 bits per heavy atom. The quantitative estimate of drug-likeness (QED) is 0.780. The molecule has 0 bridgehead atoms. The highest BCUT2D eigenvalue weighted by atomic mass is 19.4. The largest absolute Gasteiger partial charge is 0.417 e. The van der Waals surface area contributed by atoms with Gasteiger partial charge >= 0.3 is 6.18 Å². The lowest BCUT2D eigenvalue weighted by molar-refractivity contribution is -0.137. The minimum Gasteiger partial charge on any atom is -0.393 e. The van der Waals surface area contributed by atoms with Crippen LogP contribution in [-0.2, 0) is 11.0 Å². The van der Waals surface area contributed by atoms with Crippen LogP contribution in [0.25, 0.3) is 0 Å². The molecule has 5 nitrogen and oxygen atoms in total. The number of carbonyl (C=O) groups excluding carboxylic acids is 2. The molecule has 0 heterocycles. The van der Waals surface area contributed by atoms with Gasteiger partial charge in [0.1, 0.15) is 0 Å². The first-order chi connectivity index (χ1) is 11.3. The van der Waals surface area contributed by atoms with Gasteiger partial charge in [-0.05, 0) is 37.8 Å². The van der Waals surface area contributed by atoms with Crippen molar-refractivity contribution in [3.63, 3.8) is 0 Å². The Labute approximate surface area is 137 Å². The summed E-state index contributed by atoms with van der Waals surface area (Å²) in [5.41, 5.74) is -1.55. The standard InChI is InChI=1S/C16H19F3N2O3/c17-16(18,19)13-4-2-1-3-12(13)15(24)20-9-14(23)21-10-5-7-11(22)8-6-10/h1-4,10-11,22H,5-9H2,(H,20,24)(H,21,23). The number of hydrogen-bond donors (Lipinski definition) is 3. The van der Waals surface area contributed by atoms with Gasteiger partial charge in [-0.3, -0.25) is 9.59 Å². The normalized spacial score (nSPS) is 21.2. The molecule has 0 radical (unpaired) electrons. The average Bonchev–Trinajstić information content (AvgIpc) is 2.54. The molecule has 1 saturated carbocycles. The first-order valence-corrected chi connectivity index (χ1v) is 7.69. The zero-order chi connectivity index (χ0) is 17.7. The van der Waals surface area contributed by atoms with Crippen LogP contribution in [0, 0.1) is 0 Å². The third-order valence-corrected chi connectivity index (χ3v) is 3.95. The van der Waals surface area contributed by atoms with E-state index in [1.54, 1.807) is 0 Å². The molecule has 8 heteroatoms. The number of halogens is 3. The first-order valence-electron chi connectivity index (χ1n) is 7.69. The van der Waals surface area contributed by atoms with Gasteiger partial charge in [0, 0.05) is 6.04 Å². The molecule has 2 amide bonds. The van der Waals surface area contributed by atoms with Crippen molar-refractivity contribution < 1.29 is 27.9 Å². The Kier molecular flexibility index (Phi) is 5.82. The number of carbonyl (C=O) groups is 2. The predicted molar refractivity (Wildman–Crippen MR) is 80.2 cm³/mol. The van der Waals surface area contributed by atoms with Crippen LogP contribution in [-0.4, -0.2) is 35.6 Å². The van der Waals surface area contributed by atoms with Crippen LogP contribution in [0.4, 0.5) is 13.2 Å². The number of aliphatic hydroxyl groups is 1. The Morgan fingerprint density at radius 2 is 1.75 bits per heavy atom. The van der Waals surface area contributed by atoms with Gasteiger partial charge in [-0.15, -0.1) is 0 Å². The molecular formula is C16H19F3N2O3. The summed E-state index contributed by atoms with van der Waals surface area (Å²) in [7, 11) is 0. The van der Waals surface area contributed by atoms with Crippen LogP contribution in [0.5, 0.6) is 0 Å². The van der Waals surface area contributed by atoms with E-state index in [2.05, 4.69) is 10.6 Å². The van der Waals surface area contributed by atoms with Gasteiger partial charge in [0.2, 0.25) is 5.91 Å². The highest BCUT2D eigenvalue weighted by Gasteiger charge is 2.34. The SMILES string of the molecule is O=C(CNC(=O)c1ccccc1C(F)(F)F)NC1CCC(O)CC1. The molecule has 3 N–H and O–H groups in total. The van der Waals surface area contributed by atoms with Crippen molar-refractivity contribution in [2.24, 2.45) is 0 Å². The number of rotatable bonds is 4. The van der Waals surface area contributed by atoms with E-state index in [1.807, 2.05) is 0 Å². The summed E-state index contributed by atoms with van der Waals surface area (Å²) in [6.45, 7) is -0.399. The number of amides is 2. The zero-order valence-electron chi connectivity index (χ0n) is 12.9. The molecule has 1 aromatic rings. The first kappa shape index (κ1) is 18.3. The van der Waals surface area contributed by atoms with Crippen molar-refractivity contribution in [1.29, 1.82) is 0 Å². The maximum absolute atomic E-state index is 12.9. The fraction of sp³-hybridized carbons (Fsp3) is 0.500. The molecule has 1 fully saturated rings. The number of nitrogens with one attached hydrogen (secondary N) is 2. The number of hydrogen-bond acceptors (Lipinski definition) is 3. The third-order valence-electron chi connectivity index (χ3n) is 3.95. The predicted octanol–water partition coefficient (Wildman–Crippen LogP) is 1.85. The maximum atomic E-state index is 12.9. The fourth-order valence-corrected chi connectivity index (χ4v) is 2.68. The minimum absolute atomic E-state index is 0.0831. The lowest BCUT2D eigenvalue weighted by Gasteiger charge is -2.26. The smallest absolute Gasteiger partial charge is 0.393 e. The summed E-state index contributed by atoms with van der Waals surface area (Å²) < 4.78 is 38.6. The highest BCUT2D eigenvalue weighted by molar-refractivity contribution is 5.97. The Balaban J connectivity index is 1.88. The van der Waals surface area contributed by atoms with Crippen molar-refractivity contribution >= 4 is 11.8 Å². The Hall–Kier alpha value is -2.09. The van der Waals surface area contributed by atoms with Crippen molar-refractivity contribution in [2.45, 2.75) is 44.0 Å². The van der Waals surface area contributed by atoms with Gasteiger partial charge in [0.25, 0.3) is 5.91 Å². The van der Waals surface area contributed by atoms with Gasteiger partial charge in [-0.1, -0.05) is 12.1 Å². The molecule has 1 aromatic carbocycles. The van der Waals surface area contributed by atoms with Gasteiger partial charge in [0.15, 0.2) is 0 Å². The van der Waals surface area contributed by atoms with E-state index in [0.717, 1.165) is 12.1 Å². The van der Waals surface area contributed by atoms with Gasteiger partial charge < -0.3 is 15.7 Å². The van der Waals surface area contributed by atoms with Crippen LogP contribution < -0.4 is 10.6 Å². The molecule has 0 atom stereocenters. The summed E-state index contributed by atoms with van der Waals surface area (Å²) in [6, 6.07) is 4.34. The zero-order valence-corrected chi connectivity index (χ0v) is 12.9. The average molecular weight is 344 g/mol. The molecule has 2 rings (SSSR count). The van der Waals surface area contributed by atoms with Crippen LogP contribution in [0.15, 0.2) is 24.3 Å². The molecule has 24 heavy (non-hydrogen) atoms. The van der Waals surface area contributed by atoms with Gasteiger partial charge in [-0.25, -0.2) is 0 Å². The van der Waals surface area contributed by atoms with Gasteiger partial charge in [0.05, 0.1) is 23.8 Å². The molecule has 0 spiro atoms. The molecule has 1 aliphatic rings. The van der Waals surface area contributed by atoms with E-state index >= 15 is 0 Å². The van der Waals surface area contributed by atoms with E-state index in [1.165, 1.54) is 12.1 Å². The summed E-state index contributed by atoms with van der Waals surface area (Å²) in [4.78, 5) is 23.7. The highest BCUT2D eigenvalue weighted by Crippen LogP contribution is 2.31. The number of benzene rings is 1. The topological polar surface area (TPSA) is 78.4 Å². The Bertz CT molecular complexity index is 596. The van der Waals surface area contributed by atoms with E-state index in [-0.39, 0.29) is 12.1 Å². The summed E-state index contributed by atoms with van der Waals surface area (Å²) in [6.07, 6.45) is -2.53. The minimum atomic E-state index is -4.64. The molecule has 0 saturated heterocycles. The summed E-state index contributed by atoms with van der Waals surface area (Å²) >= 11 is 0. The van der Waals surface area contributed by atoms with Crippen LogP contribution >= 0.6 is 0 Å². The third kappa shape index (κ3) is 4.95. The van der Waals surface area contributed by atoms with Crippen molar-refractivity contribution in [3.05, 3.63) is 35.4 Å². The van der Waals surface area contributed by atoms with Crippen molar-refractivity contribution in [3.8, 4) is 0 Å². The lowest BCUT2D eigenvalue weighted by Crippen LogP contribution is -2.44. The van der Waals surface area contributed by atoms with Gasteiger partial charge in [-0.2, -0.15) is 13.2 Å². The lowest BCUT2D eigenvalue weighted by atomic mass is 9.93. The van der Waals surface area contributed by atoms with Crippen LogP contribution in [0.2, 0.25) is 0 Å². The monoisotopic (exact) mass is 344 g/mol. The molecule has 0 aromatic heterocycles. The molecule has 1 aliphatic carbocycles. The second-order valence-electron chi connectivity index (χ2n) is 5.80. The van der Waals surface area contributed by atoms with Crippen LogP contribution in [0.1, 0.15) is 41.6 Å². The summed E-state index contributed by atoms with van der Waals surface area (Å²) in [5, 5.41) is 14.3. The van der Waals surface area contributed by atoms with Crippen molar-refractivity contribution in [1.82, 2.24) is 10.6 Å². The number of alkyl halides is 3. The van der Waals surface area contributed by atoms with E-state index in [4.69, 9.17) is 0 Å². The second kappa shape index (κ2) is 7.65. The summed E-state index contributed by atoms with van der Waals surface area (Å²) in [5.74, 6) is -1.41. The number of aliphatic hydroxyl groups excluding tert-OH is 1. The van der Waals surface area contributed by atoms with E-state index in [9.17, 15) is 27.9 Å². The second-order valence-corrected chi connectivity index (χ2v) is 5.80. The van der Waals surface area contributed by atoms with Crippen molar-refractivity contribution in [2.75, 3.05) is 6.54 Å². The molecule has 0 unspecified atom stereocenters. The molecule has 132 valence electrons.